The molecule has 0 fully saturated rings. The number of benzene rings is 6. The molecular formula is C39H24N2O. The number of fused-ring (bicyclic) bond motifs is 9. The van der Waals surface area contributed by atoms with Gasteiger partial charge in [-0.05, 0) is 51.4 Å². The van der Waals surface area contributed by atoms with Gasteiger partial charge in [-0.15, -0.1) is 0 Å². The van der Waals surface area contributed by atoms with E-state index in [2.05, 4.69) is 131 Å². The predicted octanol–water partition coefficient (Wildman–Crippen LogP) is 10.5. The van der Waals surface area contributed by atoms with Crippen LogP contribution in [0.15, 0.2) is 150 Å². The molecule has 3 aromatic heterocycles. The SMILES string of the molecule is c1ccc(-c2ccccc2-c2cccc3c2oc2ccccc23)c(-c2ccc3c(c2)c2ccccc2c2nccn32)c1. The first-order valence-electron chi connectivity index (χ1n) is 14.2. The van der Waals surface area contributed by atoms with Crippen molar-refractivity contribution in [2.75, 3.05) is 0 Å². The van der Waals surface area contributed by atoms with E-state index in [-0.39, 0.29) is 0 Å². The molecule has 3 heterocycles. The molecule has 0 atom stereocenters. The fourth-order valence-electron chi connectivity index (χ4n) is 6.62. The van der Waals surface area contributed by atoms with Gasteiger partial charge in [-0.2, -0.15) is 0 Å². The Morgan fingerprint density at radius 2 is 1.10 bits per heavy atom. The fourth-order valence-corrected chi connectivity index (χ4v) is 6.62. The van der Waals surface area contributed by atoms with Crippen molar-refractivity contribution < 1.29 is 4.42 Å². The summed E-state index contributed by atoms with van der Waals surface area (Å²) in [6, 6.07) is 47.4. The van der Waals surface area contributed by atoms with Crippen molar-refractivity contribution >= 4 is 49.3 Å². The molecule has 9 aromatic rings. The van der Waals surface area contributed by atoms with E-state index in [9.17, 15) is 0 Å². The number of hydrogen-bond acceptors (Lipinski definition) is 2. The molecule has 0 bridgehead atoms. The third-order valence-corrected chi connectivity index (χ3v) is 8.50. The van der Waals surface area contributed by atoms with Gasteiger partial charge in [0.1, 0.15) is 16.8 Å². The van der Waals surface area contributed by atoms with E-state index in [4.69, 9.17) is 4.42 Å². The van der Waals surface area contributed by atoms with Gasteiger partial charge in [0.25, 0.3) is 0 Å². The highest BCUT2D eigenvalue weighted by atomic mass is 16.3. The number of aromatic nitrogens is 2. The van der Waals surface area contributed by atoms with Crippen molar-refractivity contribution in [3.63, 3.8) is 0 Å². The third-order valence-electron chi connectivity index (χ3n) is 8.50. The third kappa shape index (κ3) is 3.31. The van der Waals surface area contributed by atoms with Gasteiger partial charge in [-0.3, -0.25) is 4.40 Å². The standard InChI is InChI=1S/C39H24N2O/c1-2-11-27(28-12-3-4-13-29(28)32-17-9-18-33-31-15-7-8-19-37(31)42-38(32)33)26(10-1)25-20-21-36-35(24-25)30-14-5-6-16-34(30)39-40-22-23-41(36)39/h1-24H. The highest BCUT2D eigenvalue weighted by Crippen LogP contribution is 2.43. The molecule has 0 saturated heterocycles. The number of para-hydroxylation sites is 2. The molecule has 0 aliphatic rings. The average molecular weight is 537 g/mol. The summed E-state index contributed by atoms with van der Waals surface area (Å²) in [6.45, 7) is 0. The molecule has 196 valence electrons. The Balaban J connectivity index is 1.28. The van der Waals surface area contributed by atoms with Gasteiger partial charge in [0.05, 0.1) is 5.52 Å². The second kappa shape index (κ2) is 8.92. The van der Waals surface area contributed by atoms with Crippen molar-refractivity contribution in [2.45, 2.75) is 0 Å². The van der Waals surface area contributed by atoms with Crippen LogP contribution in [0.1, 0.15) is 0 Å². The Labute approximate surface area is 241 Å². The Morgan fingerprint density at radius 1 is 0.476 bits per heavy atom. The zero-order valence-electron chi connectivity index (χ0n) is 22.7. The van der Waals surface area contributed by atoms with Gasteiger partial charge in [0.2, 0.25) is 0 Å². The minimum atomic E-state index is 0.910. The molecule has 3 heteroatoms. The molecule has 0 spiro atoms. The van der Waals surface area contributed by atoms with Crippen molar-refractivity contribution in [3.05, 3.63) is 146 Å². The summed E-state index contributed by atoms with van der Waals surface area (Å²) in [5.41, 5.74) is 11.0. The van der Waals surface area contributed by atoms with Crippen LogP contribution in [-0.4, -0.2) is 9.38 Å². The first kappa shape index (κ1) is 23.1. The molecule has 42 heavy (non-hydrogen) atoms. The number of imidazole rings is 1. The lowest BCUT2D eigenvalue weighted by Crippen LogP contribution is -1.92. The van der Waals surface area contributed by atoms with Crippen molar-refractivity contribution in [2.24, 2.45) is 0 Å². The lowest BCUT2D eigenvalue weighted by molar-refractivity contribution is 0.670. The average Bonchev–Trinajstić information content (AvgIpc) is 3.71. The van der Waals surface area contributed by atoms with Crippen LogP contribution in [0.4, 0.5) is 0 Å². The highest BCUT2D eigenvalue weighted by Gasteiger charge is 2.18. The van der Waals surface area contributed by atoms with Gasteiger partial charge in [0.15, 0.2) is 0 Å². The molecule has 3 nitrogen and oxygen atoms in total. The van der Waals surface area contributed by atoms with E-state index < -0.39 is 0 Å². The smallest absolute Gasteiger partial charge is 0.145 e. The summed E-state index contributed by atoms with van der Waals surface area (Å²) in [4.78, 5) is 4.66. The molecule has 0 aliphatic heterocycles. The van der Waals surface area contributed by atoms with Crippen molar-refractivity contribution in [1.82, 2.24) is 9.38 Å². The Kier molecular flexibility index (Phi) is 4.90. The molecule has 0 N–H and O–H groups in total. The maximum absolute atomic E-state index is 6.45. The van der Waals surface area contributed by atoms with Crippen LogP contribution >= 0.6 is 0 Å². The van der Waals surface area contributed by atoms with Gasteiger partial charge in [0, 0.05) is 39.5 Å². The van der Waals surface area contributed by atoms with Crippen LogP contribution in [-0.2, 0) is 0 Å². The van der Waals surface area contributed by atoms with E-state index in [0.29, 0.717) is 0 Å². The molecular weight excluding hydrogens is 512 g/mol. The maximum Gasteiger partial charge on any atom is 0.145 e. The summed E-state index contributed by atoms with van der Waals surface area (Å²) in [5, 5.41) is 5.86. The lowest BCUT2D eigenvalue weighted by atomic mass is 9.88. The summed E-state index contributed by atoms with van der Waals surface area (Å²) < 4.78 is 8.64. The molecule has 0 radical (unpaired) electrons. The molecule has 0 aliphatic carbocycles. The zero-order valence-corrected chi connectivity index (χ0v) is 22.7. The lowest BCUT2D eigenvalue weighted by Gasteiger charge is -2.16. The maximum atomic E-state index is 6.45. The Morgan fingerprint density at radius 3 is 1.93 bits per heavy atom. The van der Waals surface area contributed by atoms with Gasteiger partial charge in [-0.1, -0.05) is 115 Å². The molecule has 0 amide bonds. The zero-order chi connectivity index (χ0) is 27.6. The molecule has 0 unspecified atom stereocenters. The molecule has 6 aromatic carbocycles. The fraction of sp³-hybridized carbons (Fsp3) is 0. The number of pyridine rings is 1. The van der Waals surface area contributed by atoms with Crippen LogP contribution in [0, 0.1) is 0 Å². The monoisotopic (exact) mass is 536 g/mol. The van der Waals surface area contributed by atoms with Crippen LogP contribution in [0.2, 0.25) is 0 Å². The van der Waals surface area contributed by atoms with Crippen LogP contribution in [0.5, 0.6) is 0 Å². The molecule has 0 saturated carbocycles. The van der Waals surface area contributed by atoms with Gasteiger partial charge in [-0.25, -0.2) is 4.98 Å². The highest BCUT2D eigenvalue weighted by molar-refractivity contribution is 6.13. The predicted molar refractivity (Wildman–Crippen MR) is 174 cm³/mol. The van der Waals surface area contributed by atoms with Crippen LogP contribution in [0.25, 0.3) is 82.6 Å². The summed E-state index contributed by atoms with van der Waals surface area (Å²) >= 11 is 0. The first-order valence-corrected chi connectivity index (χ1v) is 14.2. The first-order chi connectivity index (χ1) is 20.8. The summed E-state index contributed by atoms with van der Waals surface area (Å²) in [6.07, 6.45) is 3.93. The normalized spacial score (nSPS) is 11.8. The number of furan rings is 1. The second-order valence-electron chi connectivity index (χ2n) is 10.8. The summed E-state index contributed by atoms with van der Waals surface area (Å²) in [5.74, 6) is 0. The number of nitrogens with zero attached hydrogens (tertiary/aromatic N) is 2. The van der Waals surface area contributed by atoms with Gasteiger partial charge < -0.3 is 4.42 Å². The quantitative estimate of drug-likeness (QED) is 0.210. The largest absolute Gasteiger partial charge is 0.455 e. The van der Waals surface area contributed by atoms with E-state index in [0.717, 1.165) is 49.6 Å². The van der Waals surface area contributed by atoms with Gasteiger partial charge >= 0.3 is 0 Å². The summed E-state index contributed by atoms with van der Waals surface area (Å²) in [7, 11) is 0. The topological polar surface area (TPSA) is 30.4 Å². The van der Waals surface area contributed by atoms with Crippen LogP contribution < -0.4 is 0 Å². The second-order valence-corrected chi connectivity index (χ2v) is 10.8. The molecule has 9 rings (SSSR count). The Bertz CT molecular complexity index is 2480. The Hall–Kier alpha value is -5.67. The van der Waals surface area contributed by atoms with E-state index in [1.165, 1.54) is 33.0 Å². The number of rotatable bonds is 3. The van der Waals surface area contributed by atoms with E-state index in [1.807, 2.05) is 24.5 Å². The van der Waals surface area contributed by atoms with Crippen LogP contribution in [0.3, 0.4) is 0 Å². The number of hydrogen-bond donors (Lipinski definition) is 0. The van der Waals surface area contributed by atoms with E-state index >= 15 is 0 Å². The van der Waals surface area contributed by atoms with Crippen molar-refractivity contribution in [1.29, 1.82) is 0 Å². The van der Waals surface area contributed by atoms with Crippen molar-refractivity contribution in [3.8, 4) is 33.4 Å². The minimum Gasteiger partial charge on any atom is -0.455 e. The van der Waals surface area contributed by atoms with E-state index in [1.54, 1.807) is 0 Å². The minimum absolute atomic E-state index is 0.910.